The van der Waals surface area contributed by atoms with E-state index >= 15 is 0 Å². The van der Waals surface area contributed by atoms with E-state index in [4.69, 9.17) is 9.47 Å². The quantitative estimate of drug-likeness (QED) is 0.483. The second-order valence-electron chi connectivity index (χ2n) is 7.76. The molecule has 27 heavy (non-hydrogen) atoms. The van der Waals surface area contributed by atoms with Crippen LogP contribution in [0.4, 0.5) is 0 Å². The van der Waals surface area contributed by atoms with E-state index in [1.54, 1.807) is 0 Å². The summed E-state index contributed by atoms with van der Waals surface area (Å²) < 4.78 is 13.5. The molecule has 0 N–H and O–H groups in total. The van der Waals surface area contributed by atoms with Gasteiger partial charge in [0.2, 0.25) is 0 Å². The van der Waals surface area contributed by atoms with Crippen molar-refractivity contribution in [1.29, 1.82) is 0 Å². The molecule has 0 heterocycles. The maximum absolute atomic E-state index is 6.82. The second-order valence-corrected chi connectivity index (χ2v) is 7.76. The number of halogens is 1. The molecule has 150 valence electrons. The van der Waals surface area contributed by atoms with Gasteiger partial charge in [0, 0.05) is 13.3 Å². The van der Waals surface area contributed by atoms with E-state index in [1.807, 2.05) is 37.3 Å². The molecule has 4 heteroatoms. The lowest BCUT2D eigenvalue weighted by Crippen LogP contribution is -3.00. The van der Waals surface area contributed by atoms with Crippen LogP contribution in [-0.2, 0) is 10.5 Å². The zero-order chi connectivity index (χ0) is 19.2. The van der Waals surface area contributed by atoms with E-state index in [2.05, 4.69) is 65.2 Å². The second kappa shape index (κ2) is 10.1. The Hall–Kier alpha value is -1.55. The minimum atomic E-state index is -0.550. The zero-order valence-corrected chi connectivity index (χ0v) is 18.2. The van der Waals surface area contributed by atoms with Crippen molar-refractivity contribution in [2.45, 2.75) is 46.1 Å². The summed E-state index contributed by atoms with van der Waals surface area (Å²) in [5.74, 6) is 1.34. The van der Waals surface area contributed by atoms with Gasteiger partial charge in [-0.2, -0.15) is 0 Å². The van der Waals surface area contributed by atoms with E-state index < -0.39 is 5.72 Å². The Morgan fingerprint density at radius 1 is 0.889 bits per heavy atom. The lowest BCUT2D eigenvalue weighted by molar-refractivity contribution is -1.01. The van der Waals surface area contributed by atoms with Crippen molar-refractivity contribution in [3.05, 3.63) is 66.2 Å². The number of hydrogen-bond donors (Lipinski definition) is 0. The molecule has 2 rings (SSSR count). The van der Waals surface area contributed by atoms with Gasteiger partial charge in [-0.05, 0) is 37.1 Å². The summed E-state index contributed by atoms with van der Waals surface area (Å²) in [5.41, 5.74) is 0.625. The minimum absolute atomic E-state index is 0. The molecule has 0 aliphatic carbocycles. The van der Waals surface area contributed by atoms with Gasteiger partial charge >= 0.3 is 0 Å². The van der Waals surface area contributed by atoms with Crippen molar-refractivity contribution in [1.82, 2.24) is 0 Å². The van der Waals surface area contributed by atoms with Crippen molar-refractivity contribution in [3.8, 4) is 5.75 Å². The van der Waals surface area contributed by atoms with E-state index in [0.29, 0.717) is 17.0 Å². The number of para-hydroxylation sites is 1. The van der Waals surface area contributed by atoms with Gasteiger partial charge in [-0.15, -0.1) is 0 Å². The van der Waals surface area contributed by atoms with Crippen LogP contribution in [0.15, 0.2) is 60.7 Å². The highest BCUT2D eigenvalue weighted by atomic mass is 35.5. The first kappa shape index (κ1) is 23.5. The monoisotopic (exact) mass is 391 g/mol. The molecule has 0 fully saturated rings. The lowest BCUT2D eigenvalue weighted by Gasteiger charge is -2.51. The van der Waals surface area contributed by atoms with Crippen LogP contribution in [0, 0.1) is 5.92 Å². The van der Waals surface area contributed by atoms with Crippen molar-refractivity contribution >= 4 is 0 Å². The Balaban J connectivity index is 0.00000364. The molecule has 2 atom stereocenters. The summed E-state index contributed by atoms with van der Waals surface area (Å²) in [5, 5.41) is 0. The molecule has 2 aromatic rings. The first-order valence-corrected chi connectivity index (χ1v) is 9.58. The molecule has 0 aliphatic heterocycles. The first-order valence-electron chi connectivity index (χ1n) is 9.58. The molecule has 2 unspecified atom stereocenters. The maximum atomic E-state index is 6.82. The Morgan fingerprint density at radius 2 is 1.41 bits per heavy atom. The summed E-state index contributed by atoms with van der Waals surface area (Å²) in [7, 11) is 4.41. The van der Waals surface area contributed by atoms with E-state index in [9.17, 15) is 0 Å². The summed E-state index contributed by atoms with van der Waals surface area (Å²) in [6.07, 6.45) is 0.874. The van der Waals surface area contributed by atoms with Crippen LogP contribution in [-0.4, -0.2) is 31.4 Å². The van der Waals surface area contributed by atoms with E-state index in [-0.39, 0.29) is 18.6 Å². The number of benzene rings is 2. The molecule has 0 saturated carbocycles. The van der Waals surface area contributed by atoms with Gasteiger partial charge in [-0.3, -0.25) is 4.48 Å². The van der Waals surface area contributed by atoms with Gasteiger partial charge in [0.25, 0.3) is 5.72 Å². The Kier molecular flexibility index (Phi) is 8.80. The highest BCUT2D eigenvalue weighted by molar-refractivity contribution is 5.26. The highest BCUT2D eigenvalue weighted by Crippen LogP contribution is 2.42. The standard InChI is InChI=1S/C23H34NO2.ClH/c1-7-25-20(4)24(5,6)23(18-19(2)3,21-14-10-8-11-15-21)26-22-16-12-9-13-17-22;/h8-17,19-20H,7,18H2,1-6H3;1H/q+1;/p-1. The van der Waals surface area contributed by atoms with Gasteiger partial charge < -0.3 is 21.9 Å². The van der Waals surface area contributed by atoms with Crippen molar-refractivity contribution < 1.29 is 26.4 Å². The van der Waals surface area contributed by atoms with Gasteiger partial charge in [0.1, 0.15) is 5.75 Å². The fourth-order valence-electron chi connectivity index (χ4n) is 3.56. The van der Waals surface area contributed by atoms with Crippen LogP contribution in [0.2, 0.25) is 0 Å². The molecule has 0 aliphatic rings. The summed E-state index contributed by atoms with van der Waals surface area (Å²) in [4.78, 5) is 0. The normalized spacial score (nSPS) is 14.9. The van der Waals surface area contributed by atoms with E-state index in [1.165, 1.54) is 5.56 Å². The molecule has 0 amide bonds. The Labute approximate surface area is 171 Å². The largest absolute Gasteiger partial charge is 1.00 e. The zero-order valence-electron chi connectivity index (χ0n) is 17.5. The molecule has 3 nitrogen and oxygen atoms in total. The number of hydrogen-bond acceptors (Lipinski definition) is 2. The van der Waals surface area contributed by atoms with Crippen LogP contribution in [0.5, 0.6) is 5.75 Å². The molecule has 0 saturated heterocycles. The predicted molar refractivity (Wildman–Crippen MR) is 108 cm³/mol. The fraction of sp³-hybridized carbons (Fsp3) is 0.478. The molecular weight excluding hydrogens is 358 g/mol. The summed E-state index contributed by atoms with van der Waals surface area (Å²) in [6.45, 7) is 9.35. The van der Waals surface area contributed by atoms with Crippen molar-refractivity contribution in [3.63, 3.8) is 0 Å². The average molecular weight is 392 g/mol. The SMILES string of the molecule is CCOC(C)[N+](C)(C)C(CC(C)C)(Oc1ccccc1)c1ccccc1.[Cl-]. The number of ether oxygens (including phenoxy) is 2. The minimum Gasteiger partial charge on any atom is -1.00 e. The number of rotatable bonds is 9. The van der Waals surface area contributed by atoms with Gasteiger partial charge in [-0.25, -0.2) is 0 Å². The van der Waals surface area contributed by atoms with Gasteiger partial charge in [0.05, 0.1) is 26.3 Å². The lowest BCUT2D eigenvalue weighted by atomic mass is 9.89. The molecule has 2 aromatic carbocycles. The molecule has 0 spiro atoms. The van der Waals surface area contributed by atoms with Crippen LogP contribution < -0.4 is 17.1 Å². The van der Waals surface area contributed by atoms with E-state index in [0.717, 1.165) is 12.2 Å². The van der Waals surface area contributed by atoms with Crippen LogP contribution in [0.1, 0.15) is 39.7 Å². The Bertz CT molecular complexity index is 661. The molecule has 0 bridgehead atoms. The number of quaternary nitrogens is 1. The topological polar surface area (TPSA) is 18.5 Å². The summed E-state index contributed by atoms with van der Waals surface area (Å²) >= 11 is 0. The molecule has 0 aromatic heterocycles. The first-order chi connectivity index (χ1) is 12.3. The maximum Gasteiger partial charge on any atom is 0.271 e. The van der Waals surface area contributed by atoms with Crippen molar-refractivity contribution in [2.75, 3.05) is 20.7 Å². The highest BCUT2D eigenvalue weighted by Gasteiger charge is 2.53. The van der Waals surface area contributed by atoms with Crippen LogP contribution in [0.3, 0.4) is 0 Å². The Morgan fingerprint density at radius 3 is 1.89 bits per heavy atom. The smallest absolute Gasteiger partial charge is 0.271 e. The third-order valence-electron chi connectivity index (χ3n) is 5.19. The fourth-order valence-corrected chi connectivity index (χ4v) is 3.56. The molecule has 0 radical (unpaired) electrons. The third kappa shape index (κ3) is 5.25. The van der Waals surface area contributed by atoms with Gasteiger partial charge in [-0.1, -0.05) is 50.2 Å². The third-order valence-corrected chi connectivity index (χ3v) is 5.19. The van der Waals surface area contributed by atoms with Crippen LogP contribution >= 0.6 is 0 Å². The summed E-state index contributed by atoms with van der Waals surface area (Å²) in [6, 6.07) is 20.7. The number of nitrogens with zero attached hydrogens (tertiary/aromatic N) is 1. The predicted octanol–water partition coefficient (Wildman–Crippen LogP) is 2.43. The van der Waals surface area contributed by atoms with Crippen molar-refractivity contribution in [2.24, 2.45) is 5.92 Å². The average Bonchev–Trinajstić information content (AvgIpc) is 2.62. The molecular formula is C23H34ClNO2. The van der Waals surface area contributed by atoms with Crippen LogP contribution in [0.25, 0.3) is 0 Å². The van der Waals surface area contributed by atoms with Gasteiger partial charge in [0.15, 0.2) is 6.23 Å².